The SMILES string of the molecule is COc1cccc(/C=C/C(=O)NNC(=O)c2cc(-c3ccco3)nc3ccccc23)c1. The van der Waals surface area contributed by atoms with Gasteiger partial charge in [-0.25, -0.2) is 4.98 Å². The van der Waals surface area contributed by atoms with Gasteiger partial charge in [-0.1, -0.05) is 30.3 Å². The van der Waals surface area contributed by atoms with Crippen LogP contribution in [0.5, 0.6) is 5.75 Å². The number of para-hydroxylation sites is 1. The molecule has 0 aliphatic carbocycles. The molecular formula is C24H19N3O4. The Kier molecular flexibility index (Phi) is 5.75. The van der Waals surface area contributed by atoms with E-state index in [4.69, 9.17) is 9.15 Å². The molecule has 0 atom stereocenters. The first-order valence-corrected chi connectivity index (χ1v) is 9.50. The molecule has 0 radical (unpaired) electrons. The molecule has 2 N–H and O–H groups in total. The summed E-state index contributed by atoms with van der Waals surface area (Å²) in [6.07, 6.45) is 4.50. The highest BCUT2D eigenvalue weighted by molar-refractivity contribution is 6.07. The summed E-state index contributed by atoms with van der Waals surface area (Å²) in [6.45, 7) is 0. The molecule has 0 fully saturated rings. The summed E-state index contributed by atoms with van der Waals surface area (Å²) in [7, 11) is 1.57. The molecule has 7 nitrogen and oxygen atoms in total. The van der Waals surface area contributed by atoms with Crippen LogP contribution in [-0.2, 0) is 4.79 Å². The van der Waals surface area contributed by atoms with Gasteiger partial charge in [0.1, 0.15) is 11.4 Å². The van der Waals surface area contributed by atoms with Crippen molar-refractivity contribution in [3.8, 4) is 17.2 Å². The van der Waals surface area contributed by atoms with Crippen LogP contribution in [0.2, 0.25) is 0 Å². The third kappa shape index (κ3) is 4.62. The zero-order chi connectivity index (χ0) is 21.6. The molecule has 7 heteroatoms. The predicted molar refractivity (Wildman–Crippen MR) is 117 cm³/mol. The molecule has 0 bridgehead atoms. The van der Waals surface area contributed by atoms with Gasteiger partial charge in [-0.05, 0) is 48.0 Å². The van der Waals surface area contributed by atoms with Gasteiger partial charge in [-0.3, -0.25) is 20.4 Å². The van der Waals surface area contributed by atoms with Gasteiger partial charge in [-0.2, -0.15) is 0 Å². The van der Waals surface area contributed by atoms with Crippen LogP contribution < -0.4 is 15.6 Å². The number of aromatic nitrogens is 1. The van der Waals surface area contributed by atoms with Crippen molar-refractivity contribution in [3.63, 3.8) is 0 Å². The second-order valence-corrected chi connectivity index (χ2v) is 6.60. The molecule has 2 aromatic heterocycles. The Balaban J connectivity index is 1.50. The van der Waals surface area contributed by atoms with E-state index in [1.54, 1.807) is 49.8 Å². The predicted octanol–water partition coefficient (Wildman–Crippen LogP) is 3.98. The Labute approximate surface area is 178 Å². The monoisotopic (exact) mass is 413 g/mol. The minimum absolute atomic E-state index is 0.370. The maximum atomic E-state index is 12.8. The quantitative estimate of drug-likeness (QED) is 0.381. The fourth-order valence-electron chi connectivity index (χ4n) is 3.06. The summed E-state index contributed by atoms with van der Waals surface area (Å²) in [5.74, 6) is 0.299. The van der Waals surface area contributed by atoms with Gasteiger partial charge in [0.05, 0.1) is 24.5 Å². The van der Waals surface area contributed by atoms with E-state index in [1.807, 2.05) is 36.4 Å². The van der Waals surface area contributed by atoms with Crippen molar-refractivity contribution < 1.29 is 18.7 Å². The van der Waals surface area contributed by atoms with Crippen molar-refractivity contribution in [3.05, 3.63) is 90.2 Å². The van der Waals surface area contributed by atoms with Crippen molar-refractivity contribution >= 4 is 28.8 Å². The van der Waals surface area contributed by atoms with E-state index in [9.17, 15) is 9.59 Å². The second-order valence-electron chi connectivity index (χ2n) is 6.60. The van der Waals surface area contributed by atoms with Gasteiger partial charge in [0.15, 0.2) is 5.76 Å². The van der Waals surface area contributed by atoms with E-state index in [1.165, 1.54) is 6.08 Å². The minimum atomic E-state index is -0.471. The second kappa shape index (κ2) is 8.96. The van der Waals surface area contributed by atoms with Crippen LogP contribution in [0.3, 0.4) is 0 Å². The lowest BCUT2D eigenvalue weighted by Gasteiger charge is -2.10. The number of fused-ring (bicyclic) bond motifs is 1. The number of carbonyl (C=O) groups is 2. The summed E-state index contributed by atoms with van der Waals surface area (Å²) >= 11 is 0. The normalized spacial score (nSPS) is 10.9. The number of hydrogen-bond donors (Lipinski definition) is 2. The zero-order valence-corrected chi connectivity index (χ0v) is 16.7. The van der Waals surface area contributed by atoms with Crippen LogP contribution in [0, 0.1) is 0 Å². The highest BCUT2D eigenvalue weighted by Gasteiger charge is 2.15. The number of ether oxygens (including phenoxy) is 1. The highest BCUT2D eigenvalue weighted by Crippen LogP contribution is 2.25. The maximum Gasteiger partial charge on any atom is 0.270 e. The summed E-state index contributed by atoms with van der Waals surface area (Å²) < 4.78 is 10.6. The van der Waals surface area contributed by atoms with Gasteiger partial charge in [0.2, 0.25) is 0 Å². The fraction of sp³-hybridized carbons (Fsp3) is 0.0417. The highest BCUT2D eigenvalue weighted by atomic mass is 16.5. The molecule has 0 spiro atoms. The third-order valence-electron chi connectivity index (χ3n) is 4.55. The number of nitrogens with zero attached hydrogens (tertiary/aromatic N) is 1. The molecule has 0 aliphatic heterocycles. The minimum Gasteiger partial charge on any atom is -0.497 e. The zero-order valence-electron chi connectivity index (χ0n) is 16.7. The number of furan rings is 1. The lowest BCUT2D eigenvalue weighted by atomic mass is 10.1. The van der Waals surface area contributed by atoms with E-state index in [2.05, 4.69) is 15.8 Å². The van der Waals surface area contributed by atoms with Gasteiger partial charge < -0.3 is 9.15 Å². The number of carbonyl (C=O) groups excluding carboxylic acids is 2. The topological polar surface area (TPSA) is 93.5 Å². The van der Waals surface area contributed by atoms with Gasteiger partial charge in [0, 0.05) is 11.5 Å². The van der Waals surface area contributed by atoms with Crippen LogP contribution in [0.25, 0.3) is 28.4 Å². The lowest BCUT2D eigenvalue weighted by molar-refractivity contribution is -0.117. The largest absolute Gasteiger partial charge is 0.497 e. The molecule has 31 heavy (non-hydrogen) atoms. The number of rotatable bonds is 5. The van der Waals surface area contributed by atoms with Crippen LogP contribution in [0.1, 0.15) is 15.9 Å². The number of nitrogens with one attached hydrogen (secondary N) is 2. The summed E-state index contributed by atoms with van der Waals surface area (Å²) in [5, 5.41) is 0.663. The summed E-state index contributed by atoms with van der Waals surface area (Å²) in [4.78, 5) is 29.5. The first-order chi connectivity index (χ1) is 15.1. The number of methoxy groups -OCH3 is 1. The van der Waals surface area contributed by atoms with Crippen molar-refractivity contribution in [2.45, 2.75) is 0 Å². The van der Waals surface area contributed by atoms with Crippen molar-refractivity contribution in [2.24, 2.45) is 0 Å². The number of benzene rings is 2. The molecule has 4 rings (SSSR count). The van der Waals surface area contributed by atoms with Gasteiger partial charge >= 0.3 is 0 Å². The Morgan fingerprint density at radius 2 is 1.87 bits per heavy atom. The molecule has 4 aromatic rings. The Morgan fingerprint density at radius 1 is 1.00 bits per heavy atom. The Hall–Kier alpha value is -4.39. The number of hydrogen-bond acceptors (Lipinski definition) is 5. The van der Waals surface area contributed by atoms with E-state index >= 15 is 0 Å². The molecule has 0 aliphatic rings. The fourth-order valence-corrected chi connectivity index (χ4v) is 3.06. The first-order valence-electron chi connectivity index (χ1n) is 9.50. The van der Waals surface area contributed by atoms with Crippen LogP contribution in [0.4, 0.5) is 0 Å². The molecule has 2 amide bonds. The smallest absolute Gasteiger partial charge is 0.270 e. The third-order valence-corrected chi connectivity index (χ3v) is 4.55. The summed E-state index contributed by atoms with van der Waals surface area (Å²) in [5.41, 5.74) is 7.18. The molecule has 154 valence electrons. The summed E-state index contributed by atoms with van der Waals surface area (Å²) in [6, 6.07) is 19.7. The lowest BCUT2D eigenvalue weighted by Crippen LogP contribution is -2.40. The molecule has 0 unspecified atom stereocenters. The maximum absolute atomic E-state index is 12.8. The average molecular weight is 413 g/mol. The first kappa shape index (κ1) is 19.9. The molecule has 0 saturated heterocycles. The number of pyridine rings is 1. The van der Waals surface area contributed by atoms with Crippen LogP contribution in [0.15, 0.2) is 83.5 Å². The number of amides is 2. The van der Waals surface area contributed by atoms with Crippen molar-refractivity contribution in [2.75, 3.05) is 7.11 Å². The molecule has 2 heterocycles. The van der Waals surface area contributed by atoms with Crippen LogP contribution >= 0.6 is 0 Å². The van der Waals surface area contributed by atoms with E-state index in [-0.39, 0.29) is 0 Å². The molecule has 2 aromatic carbocycles. The van der Waals surface area contributed by atoms with Crippen molar-refractivity contribution in [1.82, 2.24) is 15.8 Å². The molecule has 0 saturated carbocycles. The Morgan fingerprint density at radius 3 is 2.68 bits per heavy atom. The van der Waals surface area contributed by atoms with Crippen LogP contribution in [-0.4, -0.2) is 23.9 Å². The van der Waals surface area contributed by atoms with E-state index in [0.29, 0.717) is 33.7 Å². The Bertz CT molecular complexity index is 1260. The average Bonchev–Trinajstić information content (AvgIpc) is 3.35. The molecular weight excluding hydrogens is 394 g/mol. The van der Waals surface area contributed by atoms with E-state index in [0.717, 1.165) is 5.56 Å². The van der Waals surface area contributed by atoms with Gasteiger partial charge in [-0.15, -0.1) is 0 Å². The van der Waals surface area contributed by atoms with Gasteiger partial charge in [0.25, 0.3) is 11.8 Å². The van der Waals surface area contributed by atoms with Crippen molar-refractivity contribution in [1.29, 1.82) is 0 Å². The standard InChI is InChI=1S/C24H19N3O4/c1-30-17-7-4-6-16(14-17)11-12-23(28)26-27-24(29)19-15-21(22-10-5-13-31-22)25-20-9-3-2-8-18(19)20/h2-15H,1H3,(H,26,28)(H,27,29)/b12-11+. The number of hydrazine groups is 1. The van der Waals surface area contributed by atoms with E-state index < -0.39 is 11.8 Å².